The van der Waals surface area contributed by atoms with Crippen LogP contribution in [0.1, 0.15) is 24.5 Å². The third-order valence-electron chi connectivity index (χ3n) is 4.19. The summed E-state index contributed by atoms with van der Waals surface area (Å²) in [5, 5.41) is 0. The van der Waals surface area contributed by atoms with Crippen molar-refractivity contribution in [2.75, 3.05) is 19.6 Å². The molecule has 1 fully saturated rings. The number of rotatable bonds is 4. The number of Topliss-reactive ketones (excluding diaryl/α,β-unsaturated/α-hetero) is 1. The van der Waals surface area contributed by atoms with E-state index in [1.807, 2.05) is 72.8 Å². The molecule has 0 spiro atoms. The van der Waals surface area contributed by atoms with Gasteiger partial charge in [0.1, 0.15) is 0 Å². The van der Waals surface area contributed by atoms with Crippen molar-refractivity contribution in [1.29, 1.82) is 0 Å². The van der Waals surface area contributed by atoms with E-state index in [-0.39, 0.29) is 5.78 Å². The summed E-state index contributed by atoms with van der Waals surface area (Å²) in [6.45, 7) is 4.64. The lowest BCUT2D eigenvalue weighted by molar-refractivity contribution is -0.113. The van der Waals surface area contributed by atoms with Crippen molar-refractivity contribution >= 4 is 17.9 Å². The van der Waals surface area contributed by atoms with Crippen LogP contribution in [0.3, 0.4) is 0 Å². The van der Waals surface area contributed by atoms with E-state index in [9.17, 15) is 4.79 Å². The van der Waals surface area contributed by atoms with Gasteiger partial charge in [-0.1, -0.05) is 67.6 Å². The first-order chi connectivity index (χ1) is 11.8. The van der Waals surface area contributed by atoms with Crippen LogP contribution >= 0.6 is 0 Å². The van der Waals surface area contributed by atoms with E-state index < -0.39 is 0 Å². The van der Waals surface area contributed by atoms with Gasteiger partial charge in [0.2, 0.25) is 0 Å². The van der Waals surface area contributed by atoms with E-state index in [1.54, 1.807) is 0 Å². The van der Waals surface area contributed by atoms with E-state index in [1.165, 1.54) is 0 Å². The zero-order valence-electron chi connectivity index (χ0n) is 14.1. The highest BCUT2D eigenvalue weighted by molar-refractivity contribution is 6.14. The van der Waals surface area contributed by atoms with Crippen molar-refractivity contribution < 1.29 is 4.79 Å². The molecule has 122 valence electrons. The summed E-state index contributed by atoms with van der Waals surface area (Å²) < 4.78 is 0. The third kappa shape index (κ3) is 4.09. The molecule has 2 nitrogen and oxygen atoms in total. The Kier molecular flexibility index (Phi) is 5.39. The molecule has 0 amide bonds. The first-order valence-corrected chi connectivity index (χ1v) is 8.54. The molecule has 0 bridgehead atoms. The van der Waals surface area contributed by atoms with Crippen LogP contribution in [0.2, 0.25) is 0 Å². The molecule has 0 N–H and O–H groups in total. The van der Waals surface area contributed by atoms with Crippen LogP contribution in [-0.4, -0.2) is 30.3 Å². The van der Waals surface area contributed by atoms with E-state index in [2.05, 4.69) is 11.8 Å². The molecular weight excluding hydrogens is 294 g/mol. The number of nitrogens with zero attached hydrogens (tertiary/aromatic N) is 1. The molecule has 0 atom stereocenters. The molecule has 0 aromatic heterocycles. The van der Waals surface area contributed by atoms with Crippen LogP contribution in [0.25, 0.3) is 12.2 Å². The molecule has 0 radical (unpaired) electrons. The van der Waals surface area contributed by atoms with Gasteiger partial charge >= 0.3 is 0 Å². The topological polar surface area (TPSA) is 20.3 Å². The number of benzene rings is 2. The number of carbonyl (C=O) groups excluding carboxylic acids is 1. The van der Waals surface area contributed by atoms with Crippen LogP contribution in [0, 0.1) is 0 Å². The minimum absolute atomic E-state index is 0.176. The monoisotopic (exact) mass is 317 g/mol. The Bertz CT molecular complexity index is 683. The minimum atomic E-state index is 0.176. The van der Waals surface area contributed by atoms with Gasteiger partial charge in [-0.05, 0) is 36.2 Å². The number of ketones is 1. The van der Waals surface area contributed by atoms with E-state index in [0.29, 0.717) is 0 Å². The summed E-state index contributed by atoms with van der Waals surface area (Å²) in [5.74, 6) is 0.176. The lowest BCUT2D eigenvalue weighted by Gasteiger charge is -2.29. The van der Waals surface area contributed by atoms with Gasteiger partial charge in [0, 0.05) is 24.2 Å². The average molecular weight is 317 g/mol. The fourth-order valence-electron chi connectivity index (χ4n) is 3.09. The minimum Gasteiger partial charge on any atom is -0.295 e. The van der Waals surface area contributed by atoms with Crippen molar-refractivity contribution in [3.63, 3.8) is 0 Å². The maximum Gasteiger partial charge on any atom is 0.187 e. The van der Waals surface area contributed by atoms with Crippen molar-refractivity contribution in [3.8, 4) is 0 Å². The predicted molar refractivity (Wildman–Crippen MR) is 101 cm³/mol. The molecule has 0 unspecified atom stereocenters. The van der Waals surface area contributed by atoms with E-state index in [4.69, 9.17) is 0 Å². The smallest absolute Gasteiger partial charge is 0.187 e. The second-order valence-corrected chi connectivity index (χ2v) is 6.20. The highest BCUT2D eigenvalue weighted by Crippen LogP contribution is 2.22. The fourth-order valence-corrected chi connectivity index (χ4v) is 3.09. The second-order valence-electron chi connectivity index (χ2n) is 6.20. The molecule has 0 saturated carbocycles. The predicted octanol–water partition coefficient (Wildman–Crippen LogP) is 4.45. The third-order valence-corrected chi connectivity index (χ3v) is 4.19. The highest BCUT2D eigenvalue weighted by atomic mass is 16.1. The molecule has 2 heteroatoms. The maximum atomic E-state index is 12.9. The number of carbonyl (C=O) groups is 1. The molecule has 1 heterocycles. The van der Waals surface area contributed by atoms with E-state index in [0.717, 1.165) is 48.3 Å². The van der Waals surface area contributed by atoms with Crippen molar-refractivity contribution in [2.45, 2.75) is 13.3 Å². The van der Waals surface area contributed by atoms with Gasteiger partial charge in [0.15, 0.2) is 5.78 Å². The first kappa shape index (κ1) is 16.4. The normalized spacial score (nSPS) is 19.1. The number of hydrogen-bond acceptors (Lipinski definition) is 2. The summed E-state index contributed by atoms with van der Waals surface area (Å²) in [6.07, 6.45) is 5.15. The zero-order valence-corrected chi connectivity index (χ0v) is 14.1. The Morgan fingerprint density at radius 2 is 1.29 bits per heavy atom. The number of hydrogen-bond donors (Lipinski definition) is 0. The molecular formula is C22H23NO. The zero-order chi connectivity index (χ0) is 16.8. The number of likely N-dealkylation sites (tertiary alicyclic amines) is 1. The molecule has 1 aliphatic rings. The molecule has 2 aromatic rings. The second kappa shape index (κ2) is 7.89. The van der Waals surface area contributed by atoms with Crippen LogP contribution in [0.4, 0.5) is 0 Å². The molecule has 3 rings (SSSR count). The summed E-state index contributed by atoms with van der Waals surface area (Å²) in [6, 6.07) is 20.2. The van der Waals surface area contributed by atoms with Crippen molar-refractivity contribution in [3.05, 3.63) is 82.9 Å². The molecule has 1 saturated heterocycles. The molecule has 0 aliphatic carbocycles. The Labute approximate surface area is 144 Å². The van der Waals surface area contributed by atoms with Gasteiger partial charge in [-0.25, -0.2) is 0 Å². The summed E-state index contributed by atoms with van der Waals surface area (Å²) in [4.78, 5) is 15.3. The molecule has 24 heavy (non-hydrogen) atoms. The van der Waals surface area contributed by atoms with Gasteiger partial charge in [0.05, 0.1) is 0 Å². The first-order valence-electron chi connectivity index (χ1n) is 8.54. The highest BCUT2D eigenvalue weighted by Gasteiger charge is 2.25. The van der Waals surface area contributed by atoms with Crippen LogP contribution in [-0.2, 0) is 4.79 Å². The summed E-state index contributed by atoms with van der Waals surface area (Å²) in [7, 11) is 0. The maximum absolute atomic E-state index is 12.9. The Morgan fingerprint density at radius 1 is 0.833 bits per heavy atom. The van der Waals surface area contributed by atoms with E-state index >= 15 is 0 Å². The molecule has 2 aromatic carbocycles. The lowest BCUT2D eigenvalue weighted by Crippen LogP contribution is -2.38. The Balaban J connectivity index is 1.93. The molecule has 1 aliphatic heterocycles. The quantitative estimate of drug-likeness (QED) is 0.777. The summed E-state index contributed by atoms with van der Waals surface area (Å²) in [5.41, 5.74) is 3.92. The van der Waals surface area contributed by atoms with Gasteiger partial charge in [0.25, 0.3) is 0 Å². The van der Waals surface area contributed by atoms with Gasteiger partial charge < -0.3 is 0 Å². The van der Waals surface area contributed by atoms with Crippen molar-refractivity contribution in [2.24, 2.45) is 0 Å². The average Bonchev–Trinajstić information content (AvgIpc) is 2.61. The standard InChI is InChI=1S/C22H23NO/c1-2-13-23-16-20(14-18-9-5-3-6-10-18)22(24)21(17-23)15-19-11-7-4-8-12-19/h3-12,14-15H,2,13,16-17H2,1H3/b20-14+,21-15+. The van der Waals surface area contributed by atoms with Gasteiger partial charge in [-0.15, -0.1) is 0 Å². The Morgan fingerprint density at radius 3 is 1.71 bits per heavy atom. The van der Waals surface area contributed by atoms with Crippen LogP contribution in [0.5, 0.6) is 0 Å². The van der Waals surface area contributed by atoms with Crippen LogP contribution in [0.15, 0.2) is 71.8 Å². The van der Waals surface area contributed by atoms with Crippen LogP contribution < -0.4 is 0 Å². The van der Waals surface area contributed by atoms with Gasteiger partial charge in [-0.2, -0.15) is 0 Å². The number of piperidine rings is 1. The Hall–Kier alpha value is -2.45. The van der Waals surface area contributed by atoms with Gasteiger partial charge in [-0.3, -0.25) is 9.69 Å². The lowest BCUT2D eigenvalue weighted by atomic mass is 9.94. The fraction of sp³-hybridized carbons (Fsp3) is 0.227. The summed E-state index contributed by atoms with van der Waals surface area (Å²) >= 11 is 0. The van der Waals surface area contributed by atoms with Crippen molar-refractivity contribution in [1.82, 2.24) is 4.90 Å². The largest absolute Gasteiger partial charge is 0.295 e. The SMILES string of the molecule is CCCN1C/C(=C\c2ccccc2)C(=O)/C(=C/c2ccccc2)C1.